The summed E-state index contributed by atoms with van der Waals surface area (Å²) in [6.45, 7) is 0. The molecule has 0 spiro atoms. The monoisotopic (exact) mass is 130 g/mol. The number of hydrogen-bond donors (Lipinski definition) is 0. The van der Waals surface area contributed by atoms with Crippen LogP contribution in [-0.2, 0) is 3.73 Å². The molecule has 1 heterocycles. The molecule has 0 aromatic carbocycles. The molecule has 0 atom stereocenters. The quantitative estimate of drug-likeness (QED) is 0.418. The second kappa shape index (κ2) is 1.42. The molecule has 0 aliphatic carbocycles. The zero-order valence-corrected chi connectivity index (χ0v) is 4.46. The molecule has 1 aliphatic rings. The fourth-order valence-corrected chi connectivity index (χ4v) is 0.913. The molecule has 1 nitrogen and oxygen atoms in total. The summed E-state index contributed by atoms with van der Waals surface area (Å²) in [6.07, 6.45) is 3.65. The molecule has 26 valence electrons. The van der Waals surface area contributed by atoms with Crippen molar-refractivity contribution in [2.24, 2.45) is 0 Å². The van der Waals surface area contributed by atoms with Gasteiger partial charge in [0.15, 0.2) is 0 Å². The third kappa shape index (κ3) is 0.623. The van der Waals surface area contributed by atoms with Gasteiger partial charge in [-0.1, -0.05) is 0 Å². The summed E-state index contributed by atoms with van der Waals surface area (Å²) < 4.78 is 4.80. The van der Waals surface area contributed by atoms with Gasteiger partial charge in [0.25, 0.3) is 0 Å². The predicted octanol–water partition coefficient (Wildman–Crippen LogP) is -0.0483. The third-order valence-corrected chi connectivity index (χ3v) is 1.47. The summed E-state index contributed by atoms with van der Waals surface area (Å²) in [5.41, 5.74) is 0. The van der Waals surface area contributed by atoms with E-state index in [-0.39, 0.29) is 15.7 Å². The molecule has 0 aromatic heterocycles. The Balaban J connectivity index is 2.61. The number of rotatable bonds is 0. The first-order chi connectivity index (χ1) is 2.50. The molecule has 0 fully saturated rings. The topological polar surface area (TPSA) is 9.23 Å². The van der Waals surface area contributed by atoms with Crippen LogP contribution in [0.2, 0.25) is 0 Å². The van der Waals surface area contributed by atoms with Crippen LogP contribution in [0.3, 0.4) is 0 Å². The van der Waals surface area contributed by atoms with Gasteiger partial charge in [0.05, 0.1) is 0 Å². The van der Waals surface area contributed by atoms with E-state index in [0.717, 1.165) is 0 Å². The first-order valence-corrected chi connectivity index (χ1v) is 3.19. The van der Waals surface area contributed by atoms with Gasteiger partial charge in [-0.05, 0) is 0 Å². The Hall–Kier alpha value is -0.0316. The van der Waals surface area contributed by atoms with Crippen molar-refractivity contribution < 1.29 is 3.73 Å². The molecule has 0 saturated carbocycles. The molecule has 0 saturated heterocycles. The minimum atomic E-state index is 0.118. The van der Waals surface area contributed by atoms with E-state index in [9.17, 15) is 0 Å². The zero-order chi connectivity index (χ0) is 3.54. The molecule has 0 N–H and O–H groups in total. The van der Waals surface area contributed by atoms with Crippen molar-refractivity contribution in [2.75, 3.05) is 0 Å². The van der Waals surface area contributed by atoms with Crippen LogP contribution in [0.4, 0.5) is 0 Å². The summed E-state index contributed by atoms with van der Waals surface area (Å²) >= 11 is 0.118. The molecular weight excluding hydrogens is 127 g/mol. The standard InChI is InChI=1S/C3H3AsO/c1-2-4-5-3-1/h1-3H. The van der Waals surface area contributed by atoms with Crippen molar-refractivity contribution in [2.45, 2.75) is 0 Å². The summed E-state index contributed by atoms with van der Waals surface area (Å²) in [6, 6.07) is 0. The predicted molar refractivity (Wildman–Crippen MR) is 22.0 cm³/mol. The maximum absolute atomic E-state index is 4.80. The van der Waals surface area contributed by atoms with E-state index >= 15 is 0 Å². The summed E-state index contributed by atoms with van der Waals surface area (Å²) in [4.78, 5) is 2.05. The Morgan fingerprint density at radius 1 is 1.60 bits per heavy atom. The first kappa shape index (κ1) is 3.17. The average molecular weight is 130 g/mol. The van der Waals surface area contributed by atoms with Gasteiger partial charge in [0.2, 0.25) is 0 Å². The molecule has 2 heteroatoms. The molecule has 0 radical (unpaired) electrons. The molecule has 0 bridgehead atoms. The van der Waals surface area contributed by atoms with E-state index in [0.29, 0.717) is 0 Å². The van der Waals surface area contributed by atoms with Crippen molar-refractivity contribution in [3.63, 3.8) is 0 Å². The van der Waals surface area contributed by atoms with Gasteiger partial charge in [-0.15, -0.1) is 0 Å². The minimum absolute atomic E-state index is 0.118. The van der Waals surface area contributed by atoms with Crippen molar-refractivity contribution in [3.8, 4) is 0 Å². The summed E-state index contributed by atoms with van der Waals surface area (Å²) in [5, 5.41) is 0. The van der Waals surface area contributed by atoms with Gasteiger partial charge in [0.1, 0.15) is 0 Å². The Morgan fingerprint density at radius 2 is 2.60 bits per heavy atom. The van der Waals surface area contributed by atoms with Gasteiger partial charge in [-0.2, -0.15) is 0 Å². The SMILES string of the molecule is C1=CO[As]=C1. The van der Waals surface area contributed by atoms with Crippen molar-refractivity contribution in [1.29, 1.82) is 0 Å². The Kier molecular flexibility index (Phi) is 0.898. The Labute approximate surface area is 37.2 Å². The van der Waals surface area contributed by atoms with Crippen molar-refractivity contribution >= 4 is 20.5 Å². The van der Waals surface area contributed by atoms with Crippen LogP contribution >= 0.6 is 0 Å². The van der Waals surface area contributed by atoms with E-state index in [1.165, 1.54) is 0 Å². The van der Waals surface area contributed by atoms with Crippen LogP contribution in [0.15, 0.2) is 12.3 Å². The number of hydrogen-bond acceptors (Lipinski definition) is 1. The normalized spacial score (nSPS) is 19.2. The molecule has 1 rings (SSSR count). The molecule has 1 aliphatic heterocycles. The molecule has 5 heavy (non-hydrogen) atoms. The fourth-order valence-electron chi connectivity index (χ4n) is 0.176. The van der Waals surface area contributed by atoms with Gasteiger partial charge in [0, 0.05) is 0 Å². The molecule has 0 amide bonds. The van der Waals surface area contributed by atoms with E-state index < -0.39 is 0 Å². The first-order valence-electron chi connectivity index (χ1n) is 1.34. The second-order valence-electron chi connectivity index (χ2n) is 0.688. The van der Waals surface area contributed by atoms with E-state index in [4.69, 9.17) is 3.73 Å². The van der Waals surface area contributed by atoms with Gasteiger partial charge in [-0.3, -0.25) is 0 Å². The van der Waals surface area contributed by atoms with Crippen LogP contribution in [0.25, 0.3) is 0 Å². The number of allylic oxidation sites excluding steroid dienone is 1. The van der Waals surface area contributed by atoms with Gasteiger partial charge < -0.3 is 0 Å². The third-order valence-electron chi connectivity index (χ3n) is 0.347. The van der Waals surface area contributed by atoms with Crippen molar-refractivity contribution in [1.82, 2.24) is 0 Å². The van der Waals surface area contributed by atoms with Crippen LogP contribution in [0, 0.1) is 0 Å². The van der Waals surface area contributed by atoms with Gasteiger partial charge in [-0.25, -0.2) is 0 Å². The van der Waals surface area contributed by atoms with Crippen LogP contribution in [0.5, 0.6) is 0 Å². The van der Waals surface area contributed by atoms with Gasteiger partial charge >= 0.3 is 36.5 Å². The fraction of sp³-hybridized carbons (Fsp3) is 0. The van der Waals surface area contributed by atoms with Crippen molar-refractivity contribution in [3.05, 3.63) is 12.3 Å². The zero-order valence-electron chi connectivity index (χ0n) is 2.59. The van der Waals surface area contributed by atoms with Crippen LogP contribution in [0.1, 0.15) is 0 Å². The molecular formula is C3H3AsO. The van der Waals surface area contributed by atoms with Crippen LogP contribution < -0.4 is 0 Å². The second-order valence-corrected chi connectivity index (χ2v) is 2.20. The molecule has 0 unspecified atom stereocenters. The van der Waals surface area contributed by atoms with E-state index in [2.05, 4.69) is 4.81 Å². The van der Waals surface area contributed by atoms with Crippen LogP contribution in [-0.4, -0.2) is 20.5 Å². The maximum atomic E-state index is 4.80. The Bertz CT molecular complexity index is 65.0. The van der Waals surface area contributed by atoms with E-state index in [1.54, 1.807) is 6.26 Å². The summed E-state index contributed by atoms with van der Waals surface area (Å²) in [5.74, 6) is 0. The summed E-state index contributed by atoms with van der Waals surface area (Å²) in [7, 11) is 0. The average Bonchev–Trinajstić information content (AvgIpc) is 1.76. The van der Waals surface area contributed by atoms with E-state index in [1.807, 2.05) is 6.08 Å². The Morgan fingerprint density at radius 3 is 2.80 bits per heavy atom. The molecule has 0 aromatic rings.